The van der Waals surface area contributed by atoms with E-state index in [1.807, 2.05) is 6.07 Å². The highest BCUT2D eigenvalue weighted by Gasteiger charge is 2.26. The maximum atomic E-state index is 12.2. The minimum Gasteiger partial charge on any atom is -0.353 e. The molecule has 1 aliphatic heterocycles. The molecule has 0 spiro atoms. The highest BCUT2D eigenvalue weighted by Crippen LogP contribution is 2.21. The van der Waals surface area contributed by atoms with Crippen molar-refractivity contribution in [2.24, 2.45) is 0 Å². The molecule has 106 valence electrons. The molecule has 2 aliphatic rings. The topological polar surface area (TPSA) is 70.2 Å². The standard InChI is InChI=1S/C15H19N3O2/c19-14-9-16-13(8-17-14)15(20)18-12-6-5-10-3-1-2-4-11(10)7-12/h1-4,12-13,16H,5-9H2,(H,17,19)(H,18,20). The fourth-order valence-corrected chi connectivity index (χ4v) is 2.87. The highest BCUT2D eigenvalue weighted by molar-refractivity contribution is 5.86. The summed E-state index contributed by atoms with van der Waals surface area (Å²) >= 11 is 0. The van der Waals surface area contributed by atoms with E-state index in [4.69, 9.17) is 0 Å². The number of carbonyl (C=O) groups excluding carboxylic acids is 2. The molecular weight excluding hydrogens is 254 g/mol. The Bertz CT molecular complexity index is 520. The van der Waals surface area contributed by atoms with Crippen LogP contribution in [0.3, 0.4) is 0 Å². The third kappa shape index (κ3) is 2.82. The van der Waals surface area contributed by atoms with Crippen LogP contribution in [0, 0.1) is 0 Å². The van der Waals surface area contributed by atoms with Gasteiger partial charge in [0, 0.05) is 12.6 Å². The molecule has 1 aliphatic carbocycles. The van der Waals surface area contributed by atoms with Gasteiger partial charge in [-0.05, 0) is 30.4 Å². The van der Waals surface area contributed by atoms with Gasteiger partial charge in [-0.15, -0.1) is 0 Å². The molecule has 1 heterocycles. The number of hydrogen-bond acceptors (Lipinski definition) is 3. The van der Waals surface area contributed by atoms with E-state index in [0.717, 1.165) is 19.3 Å². The van der Waals surface area contributed by atoms with Gasteiger partial charge in [0.05, 0.1) is 6.54 Å². The number of amides is 2. The Morgan fingerprint density at radius 2 is 2.05 bits per heavy atom. The van der Waals surface area contributed by atoms with E-state index in [1.165, 1.54) is 11.1 Å². The van der Waals surface area contributed by atoms with Crippen LogP contribution in [0.5, 0.6) is 0 Å². The van der Waals surface area contributed by atoms with Gasteiger partial charge in [-0.2, -0.15) is 0 Å². The molecule has 0 saturated carbocycles. The van der Waals surface area contributed by atoms with Crippen LogP contribution < -0.4 is 16.0 Å². The summed E-state index contributed by atoms with van der Waals surface area (Å²) < 4.78 is 0. The summed E-state index contributed by atoms with van der Waals surface area (Å²) in [6, 6.07) is 8.27. The number of rotatable bonds is 2. The molecule has 20 heavy (non-hydrogen) atoms. The summed E-state index contributed by atoms with van der Waals surface area (Å²) in [4.78, 5) is 23.2. The van der Waals surface area contributed by atoms with Crippen LogP contribution in [0.2, 0.25) is 0 Å². The summed E-state index contributed by atoms with van der Waals surface area (Å²) in [5.41, 5.74) is 2.72. The second-order valence-electron chi connectivity index (χ2n) is 5.45. The Labute approximate surface area is 118 Å². The lowest BCUT2D eigenvalue weighted by Crippen LogP contribution is -2.59. The van der Waals surface area contributed by atoms with Crippen LogP contribution in [0.15, 0.2) is 24.3 Å². The Morgan fingerprint density at radius 1 is 1.25 bits per heavy atom. The maximum Gasteiger partial charge on any atom is 0.239 e. The van der Waals surface area contributed by atoms with Gasteiger partial charge in [-0.25, -0.2) is 0 Å². The molecule has 0 aromatic heterocycles. The van der Waals surface area contributed by atoms with E-state index in [0.29, 0.717) is 6.54 Å². The first-order valence-corrected chi connectivity index (χ1v) is 7.09. The monoisotopic (exact) mass is 273 g/mol. The number of hydrogen-bond donors (Lipinski definition) is 3. The van der Waals surface area contributed by atoms with Crippen LogP contribution in [-0.4, -0.2) is 37.0 Å². The first-order chi connectivity index (χ1) is 9.72. The van der Waals surface area contributed by atoms with Gasteiger partial charge >= 0.3 is 0 Å². The molecule has 1 saturated heterocycles. The van der Waals surface area contributed by atoms with Gasteiger partial charge in [0.1, 0.15) is 6.04 Å². The van der Waals surface area contributed by atoms with Crippen molar-refractivity contribution in [1.82, 2.24) is 16.0 Å². The van der Waals surface area contributed by atoms with Crippen molar-refractivity contribution in [3.05, 3.63) is 35.4 Å². The van der Waals surface area contributed by atoms with Crippen LogP contribution in [0.25, 0.3) is 0 Å². The first-order valence-electron chi connectivity index (χ1n) is 7.09. The maximum absolute atomic E-state index is 12.2. The van der Waals surface area contributed by atoms with Crippen molar-refractivity contribution < 1.29 is 9.59 Å². The largest absolute Gasteiger partial charge is 0.353 e. The van der Waals surface area contributed by atoms with E-state index in [-0.39, 0.29) is 30.4 Å². The molecule has 2 amide bonds. The third-order valence-corrected chi connectivity index (χ3v) is 4.02. The third-order valence-electron chi connectivity index (χ3n) is 4.02. The van der Waals surface area contributed by atoms with Crippen LogP contribution in [0.1, 0.15) is 17.5 Å². The average molecular weight is 273 g/mol. The highest BCUT2D eigenvalue weighted by atomic mass is 16.2. The van der Waals surface area contributed by atoms with Crippen molar-refractivity contribution in [2.75, 3.05) is 13.1 Å². The zero-order valence-corrected chi connectivity index (χ0v) is 11.3. The minimum atomic E-state index is -0.315. The number of piperazine rings is 1. The quantitative estimate of drug-likeness (QED) is 0.696. The van der Waals surface area contributed by atoms with Crippen molar-refractivity contribution in [2.45, 2.75) is 31.3 Å². The van der Waals surface area contributed by atoms with Gasteiger partial charge in [0.25, 0.3) is 0 Å². The second-order valence-corrected chi connectivity index (χ2v) is 5.45. The molecule has 5 nitrogen and oxygen atoms in total. The SMILES string of the molecule is O=C1CNC(C(=O)NC2CCc3ccccc3C2)CN1. The molecule has 2 unspecified atom stereocenters. The minimum absolute atomic E-state index is 0.0191. The van der Waals surface area contributed by atoms with E-state index >= 15 is 0 Å². The summed E-state index contributed by atoms with van der Waals surface area (Å²) in [5, 5.41) is 8.75. The lowest BCUT2D eigenvalue weighted by Gasteiger charge is -2.29. The number of nitrogens with one attached hydrogen (secondary N) is 3. The fraction of sp³-hybridized carbons (Fsp3) is 0.467. The van der Waals surface area contributed by atoms with Crippen molar-refractivity contribution in [3.8, 4) is 0 Å². The Kier molecular flexibility index (Phi) is 3.69. The molecule has 1 fully saturated rings. The van der Waals surface area contributed by atoms with Crippen LogP contribution in [0.4, 0.5) is 0 Å². The Morgan fingerprint density at radius 3 is 2.80 bits per heavy atom. The summed E-state index contributed by atoms with van der Waals surface area (Å²) in [6.07, 6.45) is 2.87. The number of benzene rings is 1. The predicted octanol–water partition coefficient (Wildman–Crippen LogP) is -0.252. The molecule has 1 aromatic rings. The Hall–Kier alpha value is -1.88. The molecule has 0 bridgehead atoms. The second kappa shape index (κ2) is 5.63. The Balaban J connectivity index is 1.57. The van der Waals surface area contributed by atoms with Gasteiger partial charge in [-0.1, -0.05) is 24.3 Å². The van der Waals surface area contributed by atoms with E-state index in [2.05, 4.69) is 34.1 Å². The van der Waals surface area contributed by atoms with Gasteiger partial charge in [0.15, 0.2) is 0 Å². The van der Waals surface area contributed by atoms with E-state index in [9.17, 15) is 9.59 Å². The molecule has 3 rings (SSSR count). The summed E-state index contributed by atoms with van der Waals surface area (Å²) in [5.74, 6) is -0.0741. The van der Waals surface area contributed by atoms with Gasteiger partial charge in [0.2, 0.25) is 11.8 Å². The fourth-order valence-electron chi connectivity index (χ4n) is 2.87. The zero-order valence-electron chi connectivity index (χ0n) is 11.3. The van der Waals surface area contributed by atoms with Crippen molar-refractivity contribution in [3.63, 3.8) is 0 Å². The average Bonchev–Trinajstić information content (AvgIpc) is 2.48. The van der Waals surface area contributed by atoms with Crippen LogP contribution >= 0.6 is 0 Å². The number of aryl methyl sites for hydroxylation is 1. The normalized spacial score (nSPS) is 25.5. The zero-order chi connectivity index (χ0) is 13.9. The molecule has 5 heteroatoms. The molecular formula is C15H19N3O2. The lowest BCUT2D eigenvalue weighted by molar-refractivity contribution is -0.127. The first kappa shape index (κ1) is 13.1. The summed E-state index contributed by atoms with van der Waals surface area (Å²) in [6.45, 7) is 0.583. The van der Waals surface area contributed by atoms with E-state index in [1.54, 1.807) is 0 Å². The van der Waals surface area contributed by atoms with Crippen molar-refractivity contribution >= 4 is 11.8 Å². The lowest BCUT2D eigenvalue weighted by atomic mass is 9.88. The number of fused-ring (bicyclic) bond motifs is 1. The molecule has 0 radical (unpaired) electrons. The molecule has 1 aromatic carbocycles. The smallest absolute Gasteiger partial charge is 0.239 e. The molecule has 2 atom stereocenters. The van der Waals surface area contributed by atoms with Gasteiger partial charge < -0.3 is 10.6 Å². The van der Waals surface area contributed by atoms with Gasteiger partial charge in [-0.3, -0.25) is 14.9 Å². The summed E-state index contributed by atoms with van der Waals surface area (Å²) in [7, 11) is 0. The van der Waals surface area contributed by atoms with Crippen molar-refractivity contribution in [1.29, 1.82) is 0 Å². The predicted molar refractivity (Wildman–Crippen MR) is 75.2 cm³/mol. The van der Waals surface area contributed by atoms with E-state index < -0.39 is 0 Å². The number of carbonyl (C=O) groups is 2. The molecule has 3 N–H and O–H groups in total. The van der Waals surface area contributed by atoms with Crippen LogP contribution in [-0.2, 0) is 22.4 Å².